The molecule has 8 heteroatoms. The van der Waals surface area contributed by atoms with Gasteiger partial charge in [0.2, 0.25) is 0 Å². The van der Waals surface area contributed by atoms with Crippen molar-refractivity contribution in [2.45, 2.75) is 13.0 Å². The summed E-state index contributed by atoms with van der Waals surface area (Å²) in [5, 5.41) is 15.4. The number of benzene rings is 1. The van der Waals surface area contributed by atoms with E-state index >= 15 is 0 Å². The Labute approximate surface area is 125 Å². The van der Waals surface area contributed by atoms with E-state index in [1.165, 1.54) is 11.3 Å². The number of hydrogen-bond acceptors (Lipinski definition) is 4. The highest BCUT2D eigenvalue weighted by Crippen LogP contribution is 2.33. The topological polar surface area (TPSA) is 55.2 Å². The first kappa shape index (κ1) is 14.9. The van der Waals surface area contributed by atoms with Gasteiger partial charge in [0.25, 0.3) is 5.69 Å². The zero-order chi connectivity index (χ0) is 14.9. The van der Waals surface area contributed by atoms with Crippen molar-refractivity contribution in [3.63, 3.8) is 0 Å². The second kappa shape index (κ2) is 5.84. The van der Waals surface area contributed by atoms with Crippen LogP contribution in [-0.2, 0) is 0 Å². The summed E-state index contributed by atoms with van der Waals surface area (Å²) in [4.78, 5) is 10.9. The molecule has 0 bridgehead atoms. The number of nitro groups is 1. The van der Waals surface area contributed by atoms with E-state index in [1.54, 1.807) is 6.92 Å². The molecule has 1 heterocycles. The monoisotopic (exact) mass is 362 g/mol. The summed E-state index contributed by atoms with van der Waals surface area (Å²) in [5.41, 5.74) is -0.932. The van der Waals surface area contributed by atoms with E-state index in [2.05, 4.69) is 21.2 Å². The third-order valence-corrected chi connectivity index (χ3v) is 4.48. The molecule has 0 amide bonds. The molecular formula is C12H9BrF2N2O2S. The Bertz CT molecular complexity index is 663. The fourth-order valence-corrected chi connectivity index (χ4v) is 3.14. The first-order valence-corrected chi connectivity index (χ1v) is 7.19. The van der Waals surface area contributed by atoms with Crippen LogP contribution < -0.4 is 5.32 Å². The van der Waals surface area contributed by atoms with Gasteiger partial charge in [-0.2, -0.15) is 0 Å². The second-order valence-electron chi connectivity index (χ2n) is 4.07. The first-order chi connectivity index (χ1) is 9.38. The molecule has 2 aromatic rings. The number of anilines is 1. The van der Waals surface area contributed by atoms with Crippen LogP contribution in [0.5, 0.6) is 0 Å². The number of rotatable bonds is 4. The average molecular weight is 363 g/mol. The predicted molar refractivity (Wildman–Crippen MR) is 77.1 cm³/mol. The molecule has 1 aromatic heterocycles. The molecule has 1 aromatic carbocycles. The maximum atomic E-state index is 13.7. The molecule has 1 N–H and O–H groups in total. The van der Waals surface area contributed by atoms with Gasteiger partial charge in [0.1, 0.15) is 11.5 Å². The fourth-order valence-electron chi connectivity index (χ4n) is 1.69. The molecule has 20 heavy (non-hydrogen) atoms. The Hall–Kier alpha value is -1.54. The van der Waals surface area contributed by atoms with Crippen molar-refractivity contribution >= 4 is 38.6 Å². The van der Waals surface area contributed by atoms with Crippen LogP contribution in [0.1, 0.15) is 17.8 Å². The van der Waals surface area contributed by atoms with Gasteiger partial charge in [0.05, 0.1) is 17.0 Å². The Balaban J connectivity index is 2.35. The van der Waals surface area contributed by atoms with Crippen molar-refractivity contribution in [2.24, 2.45) is 0 Å². The number of thiophene rings is 1. The summed E-state index contributed by atoms with van der Waals surface area (Å²) in [7, 11) is 0. The summed E-state index contributed by atoms with van der Waals surface area (Å²) in [6.07, 6.45) is 0. The molecule has 0 aliphatic heterocycles. The van der Waals surface area contributed by atoms with Crippen LogP contribution in [0.2, 0.25) is 0 Å². The lowest BCUT2D eigenvalue weighted by atomic mass is 10.2. The van der Waals surface area contributed by atoms with Gasteiger partial charge < -0.3 is 5.32 Å². The minimum absolute atomic E-state index is 0.312. The van der Waals surface area contributed by atoms with E-state index in [9.17, 15) is 18.9 Å². The van der Waals surface area contributed by atoms with Crippen LogP contribution in [0.4, 0.5) is 20.2 Å². The van der Waals surface area contributed by atoms with E-state index in [0.29, 0.717) is 12.1 Å². The lowest BCUT2D eigenvalue weighted by molar-refractivity contribution is -0.384. The van der Waals surface area contributed by atoms with E-state index in [4.69, 9.17) is 0 Å². The highest BCUT2D eigenvalue weighted by atomic mass is 79.9. The minimum Gasteiger partial charge on any atom is -0.370 e. The zero-order valence-corrected chi connectivity index (χ0v) is 12.6. The Morgan fingerprint density at radius 1 is 1.40 bits per heavy atom. The van der Waals surface area contributed by atoms with Crippen LogP contribution >= 0.6 is 27.3 Å². The number of nitrogens with one attached hydrogen (secondary N) is 1. The molecule has 106 valence electrons. The van der Waals surface area contributed by atoms with Gasteiger partial charge in [-0.05, 0) is 28.9 Å². The molecular weight excluding hydrogens is 354 g/mol. The highest BCUT2D eigenvalue weighted by molar-refractivity contribution is 9.10. The fraction of sp³-hybridized carbons (Fsp3) is 0.167. The molecule has 0 aliphatic carbocycles. The summed E-state index contributed by atoms with van der Waals surface area (Å²) in [6, 6.07) is 2.80. The van der Waals surface area contributed by atoms with Crippen molar-refractivity contribution in [2.75, 3.05) is 5.32 Å². The van der Waals surface area contributed by atoms with Crippen molar-refractivity contribution in [3.05, 3.63) is 54.7 Å². The third kappa shape index (κ3) is 3.13. The Morgan fingerprint density at radius 3 is 2.65 bits per heavy atom. The normalized spacial score (nSPS) is 12.2. The third-order valence-electron chi connectivity index (χ3n) is 2.61. The summed E-state index contributed by atoms with van der Waals surface area (Å²) < 4.78 is 27.7. The number of nitro benzene ring substituents is 1. The highest BCUT2D eigenvalue weighted by Gasteiger charge is 2.22. The number of halogens is 3. The van der Waals surface area contributed by atoms with E-state index < -0.39 is 22.2 Å². The van der Waals surface area contributed by atoms with E-state index in [0.717, 1.165) is 9.35 Å². The molecule has 0 radical (unpaired) electrons. The molecule has 1 unspecified atom stereocenters. The Morgan fingerprint density at radius 2 is 2.10 bits per heavy atom. The zero-order valence-electron chi connectivity index (χ0n) is 10.2. The quantitative estimate of drug-likeness (QED) is 0.623. The smallest absolute Gasteiger partial charge is 0.298 e. The molecule has 1 atom stereocenters. The molecule has 0 spiro atoms. The van der Waals surface area contributed by atoms with Crippen molar-refractivity contribution in [1.82, 2.24) is 0 Å². The van der Waals surface area contributed by atoms with Crippen LogP contribution in [-0.4, -0.2) is 4.92 Å². The predicted octanol–water partition coefficient (Wildman–Crippen LogP) is 4.87. The molecule has 2 rings (SSSR count). The van der Waals surface area contributed by atoms with Crippen molar-refractivity contribution in [3.8, 4) is 0 Å². The maximum Gasteiger partial charge on any atom is 0.298 e. The van der Waals surface area contributed by atoms with Gasteiger partial charge >= 0.3 is 0 Å². The molecule has 0 saturated carbocycles. The van der Waals surface area contributed by atoms with Crippen LogP contribution in [0.25, 0.3) is 0 Å². The van der Waals surface area contributed by atoms with Gasteiger partial charge in [-0.25, -0.2) is 8.78 Å². The maximum absolute atomic E-state index is 13.7. The van der Waals surface area contributed by atoms with Crippen LogP contribution in [0, 0.1) is 21.7 Å². The summed E-state index contributed by atoms with van der Waals surface area (Å²) in [5.74, 6) is -1.97. The van der Waals surface area contributed by atoms with Gasteiger partial charge in [-0.3, -0.25) is 10.1 Å². The van der Waals surface area contributed by atoms with E-state index in [-0.39, 0.29) is 11.7 Å². The van der Waals surface area contributed by atoms with Crippen molar-refractivity contribution < 1.29 is 13.7 Å². The lowest BCUT2D eigenvalue weighted by Gasteiger charge is -2.14. The van der Waals surface area contributed by atoms with Gasteiger partial charge in [-0.15, -0.1) is 11.3 Å². The standard InChI is InChI=1S/C12H9BrF2N2O2S/c1-6(11-2-7(13)5-20-11)16-12-9(15)3-8(14)4-10(12)17(18)19/h2-6,16H,1H3. The summed E-state index contributed by atoms with van der Waals surface area (Å²) in [6.45, 7) is 1.74. The second-order valence-corrected chi connectivity index (χ2v) is 5.93. The van der Waals surface area contributed by atoms with Crippen LogP contribution in [0.3, 0.4) is 0 Å². The lowest BCUT2D eigenvalue weighted by Crippen LogP contribution is -2.09. The Kier molecular flexibility index (Phi) is 4.34. The van der Waals surface area contributed by atoms with E-state index in [1.807, 2.05) is 11.4 Å². The number of nitrogens with zero attached hydrogens (tertiary/aromatic N) is 1. The average Bonchev–Trinajstić information content (AvgIpc) is 2.78. The first-order valence-electron chi connectivity index (χ1n) is 5.52. The molecule has 0 aliphatic rings. The van der Waals surface area contributed by atoms with Gasteiger partial charge in [-0.1, -0.05) is 0 Å². The largest absolute Gasteiger partial charge is 0.370 e. The molecule has 4 nitrogen and oxygen atoms in total. The van der Waals surface area contributed by atoms with Gasteiger partial charge in [0.15, 0.2) is 5.82 Å². The SMILES string of the molecule is CC(Nc1c(F)cc(F)cc1[N+](=O)[O-])c1cc(Br)cs1. The minimum atomic E-state index is -0.987. The van der Waals surface area contributed by atoms with Crippen LogP contribution in [0.15, 0.2) is 28.1 Å². The summed E-state index contributed by atoms with van der Waals surface area (Å²) >= 11 is 4.72. The number of hydrogen-bond donors (Lipinski definition) is 1. The van der Waals surface area contributed by atoms with Gasteiger partial charge in [0, 0.05) is 20.8 Å². The molecule has 0 fully saturated rings. The van der Waals surface area contributed by atoms with Crippen molar-refractivity contribution in [1.29, 1.82) is 0 Å². The molecule has 0 saturated heterocycles.